The molecular formula is C17H21ClN2O. The first-order valence-electron chi connectivity index (χ1n) is 7.07. The number of nitrogens with one attached hydrogen (secondary N) is 1. The number of rotatable bonds is 6. The van der Waals surface area contributed by atoms with Gasteiger partial charge in [0.1, 0.15) is 5.75 Å². The van der Waals surface area contributed by atoms with Crippen LogP contribution in [0.5, 0.6) is 5.75 Å². The van der Waals surface area contributed by atoms with Crippen LogP contribution in [0.1, 0.15) is 25.5 Å². The summed E-state index contributed by atoms with van der Waals surface area (Å²) in [5.74, 6) is 0.871. The van der Waals surface area contributed by atoms with E-state index in [0.29, 0.717) is 6.54 Å². The monoisotopic (exact) mass is 304 g/mol. The van der Waals surface area contributed by atoms with Crippen LogP contribution in [0, 0.1) is 0 Å². The van der Waals surface area contributed by atoms with Gasteiger partial charge in [0, 0.05) is 17.3 Å². The minimum absolute atomic E-state index is 0.0549. The minimum atomic E-state index is 0.0549. The summed E-state index contributed by atoms with van der Waals surface area (Å²) in [5, 5.41) is 4.13. The highest BCUT2D eigenvalue weighted by Crippen LogP contribution is 2.23. The van der Waals surface area contributed by atoms with Crippen LogP contribution in [0.25, 0.3) is 0 Å². The number of hydrogen-bond acceptors (Lipinski definition) is 3. The van der Waals surface area contributed by atoms with Gasteiger partial charge in [0.15, 0.2) is 0 Å². The normalized spacial score (nSPS) is 12.2. The Morgan fingerprint density at radius 3 is 2.19 bits per heavy atom. The van der Waals surface area contributed by atoms with E-state index in [4.69, 9.17) is 22.1 Å². The third kappa shape index (κ3) is 4.66. The Labute approximate surface area is 131 Å². The molecule has 0 saturated carbocycles. The summed E-state index contributed by atoms with van der Waals surface area (Å²) in [5.41, 5.74) is 8.01. The Balaban J connectivity index is 2.08. The summed E-state index contributed by atoms with van der Waals surface area (Å²) in [6, 6.07) is 15.7. The summed E-state index contributed by atoms with van der Waals surface area (Å²) in [6.45, 7) is 4.53. The second-order valence-corrected chi connectivity index (χ2v) is 5.61. The maximum Gasteiger partial charge on any atom is 0.119 e. The van der Waals surface area contributed by atoms with Gasteiger partial charge in [-0.2, -0.15) is 0 Å². The molecule has 2 rings (SSSR count). The van der Waals surface area contributed by atoms with E-state index in [9.17, 15) is 0 Å². The van der Waals surface area contributed by atoms with Gasteiger partial charge in [-0.25, -0.2) is 0 Å². The van der Waals surface area contributed by atoms with Crippen molar-refractivity contribution in [3.63, 3.8) is 0 Å². The van der Waals surface area contributed by atoms with Gasteiger partial charge in [0.25, 0.3) is 0 Å². The molecule has 0 bridgehead atoms. The highest BCUT2D eigenvalue weighted by molar-refractivity contribution is 6.30. The van der Waals surface area contributed by atoms with Crippen LogP contribution in [0.3, 0.4) is 0 Å². The summed E-state index contributed by atoms with van der Waals surface area (Å²) >= 11 is 5.89. The first-order chi connectivity index (χ1) is 10.1. The van der Waals surface area contributed by atoms with Gasteiger partial charge < -0.3 is 15.8 Å². The Bertz CT molecular complexity index is 552. The van der Waals surface area contributed by atoms with Crippen molar-refractivity contribution < 1.29 is 4.74 Å². The summed E-state index contributed by atoms with van der Waals surface area (Å²) < 4.78 is 5.65. The molecule has 0 aliphatic rings. The Morgan fingerprint density at radius 1 is 1.05 bits per heavy atom. The van der Waals surface area contributed by atoms with Gasteiger partial charge in [0.2, 0.25) is 0 Å². The average molecular weight is 305 g/mol. The molecule has 0 radical (unpaired) electrons. The molecular weight excluding hydrogens is 284 g/mol. The van der Waals surface area contributed by atoms with Crippen molar-refractivity contribution in [2.24, 2.45) is 5.73 Å². The molecule has 1 unspecified atom stereocenters. The molecule has 0 aromatic heterocycles. The molecule has 112 valence electrons. The molecule has 0 aliphatic carbocycles. The molecule has 1 atom stereocenters. The van der Waals surface area contributed by atoms with Gasteiger partial charge in [0.05, 0.1) is 12.1 Å². The molecule has 21 heavy (non-hydrogen) atoms. The van der Waals surface area contributed by atoms with Crippen molar-refractivity contribution in [3.8, 4) is 5.75 Å². The summed E-state index contributed by atoms with van der Waals surface area (Å²) in [4.78, 5) is 0. The smallest absolute Gasteiger partial charge is 0.119 e. The van der Waals surface area contributed by atoms with Gasteiger partial charge >= 0.3 is 0 Å². The zero-order valence-corrected chi connectivity index (χ0v) is 13.1. The second kappa shape index (κ2) is 7.34. The first kappa shape index (κ1) is 15.7. The van der Waals surface area contributed by atoms with E-state index in [1.165, 1.54) is 0 Å². The molecule has 0 saturated heterocycles. The quantitative estimate of drug-likeness (QED) is 0.839. The first-order valence-corrected chi connectivity index (χ1v) is 7.45. The lowest BCUT2D eigenvalue weighted by Crippen LogP contribution is -2.20. The average Bonchev–Trinajstić information content (AvgIpc) is 2.47. The molecule has 0 fully saturated rings. The van der Waals surface area contributed by atoms with Crippen LogP contribution < -0.4 is 15.8 Å². The van der Waals surface area contributed by atoms with Crippen LogP contribution in [0.15, 0.2) is 48.5 Å². The van der Waals surface area contributed by atoms with E-state index in [0.717, 1.165) is 22.0 Å². The Hall–Kier alpha value is -1.71. The standard InChI is InChI=1S/C17H21ClN2O/c1-12(2)21-16-9-3-13(4-10-16)17(11-19)20-15-7-5-14(18)6-8-15/h3-10,12,17,20H,11,19H2,1-2H3. The van der Waals surface area contributed by atoms with Gasteiger partial charge in [-0.3, -0.25) is 0 Å². The molecule has 0 amide bonds. The molecule has 2 aromatic carbocycles. The lowest BCUT2D eigenvalue weighted by molar-refractivity contribution is 0.242. The fraction of sp³-hybridized carbons (Fsp3) is 0.294. The zero-order chi connectivity index (χ0) is 15.2. The fourth-order valence-corrected chi connectivity index (χ4v) is 2.20. The SMILES string of the molecule is CC(C)Oc1ccc(C(CN)Nc2ccc(Cl)cc2)cc1. The van der Waals surface area contributed by atoms with Crippen molar-refractivity contribution in [2.75, 3.05) is 11.9 Å². The molecule has 2 aromatic rings. The van der Waals surface area contributed by atoms with Crippen molar-refractivity contribution in [1.82, 2.24) is 0 Å². The van der Waals surface area contributed by atoms with Crippen LogP contribution in [0.2, 0.25) is 5.02 Å². The van der Waals surface area contributed by atoms with E-state index < -0.39 is 0 Å². The Kier molecular flexibility index (Phi) is 5.48. The fourth-order valence-electron chi connectivity index (χ4n) is 2.08. The number of hydrogen-bond donors (Lipinski definition) is 2. The van der Waals surface area contributed by atoms with Crippen LogP contribution >= 0.6 is 11.6 Å². The van der Waals surface area contributed by atoms with Gasteiger partial charge in [-0.05, 0) is 55.8 Å². The minimum Gasteiger partial charge on any atom is -0.491 e. The lowest BCUT2D eigenvalue weighted by Gasteiger charge is -2.19. The van der Waals surface area contributed by atoms with E-state index in [2.05, 4.69) is 5.32 Å². The molecule has 0 spiro atoms. The van der Waals surface area contributed by atoms with Crippen LogP contribution in [-0.4, -0.2) is 12.6 Å². The number of ether oxygens (including phenoxy) is 1. The van der Waals surface area contributed by atoms with Crippen LogP contribution in [-0.2, 0) is 0 Å². The highest BCUT2D eigenvalue weighted by Gasteiger charge is 2.10. The topological polar surface area (TPSA) is 47.3 Å². The highest BCUT2D eigenvalue weighted by atomic mass is 35.5. The zero-order valence-electron chi connectivity index (χ0n) is 12.3. The molecule has 0 heterocycles. The van der Waals surface area contributed by atoms with E-state index in [1.807, 2.05) is 62.4 Å². The molecule has 3 nitrogen and oxygen atoms in total. The maximum atomic E-state index is 5.89. The second-order valence-electron chi connectivity index (χ2n) is 5.18. The van der Waals surface area contributed by atoms with E-state index in [-0.39, 0.29) is 12.1 Å². The maximum absolute atomic E-state index is 5.89. The van der Waals surface area contributed by atoms with Crippen molar-refractivity contribution in [3.05, 3.63) is 59.1 Å². The largest absolute Gasteiger partial charge is 0.491 e. The number of benzene rings is 2. The van der Waals surface area contributed by atoms with E-state index in [1.54, 1.807) is 0 Å². The third-order valence-corrected chi connectivity index (χ3v) is 3.33. The molecule has 3 N–H and O–H groups in total. The van der Waals surface area contributed by atoms with E-state index >= 15 is 0 Å². The number of halogens is 1. The van der Waals surface area contributed by atoms with Crippen molar-refractivity contribution >= 4 is 17.3 Å². The predicted molar refractivity (Wildman–Crippen MR) is 89.1 cm³/mol. The lowest BCUT2D eigenvalue weighted by atomic mass is 10.1. The van der Waals surface area contributed by atoms with Crippen LogP contribution in [0.4, 0.5) is 5.69 Å². The molecule has 0 aliphatic heterocycles. The van der Waals surface area contributed by atoms with Crippen molar-refractivity contribution in [2.45, 2.75) is 26.0 Å². The third-order valence-electron chi connectivity index (χ3n) is 3.08. The number of nitrogens with two attached hydrogens (primary N) is 1. The van der Waals surface area contributed by atoms with Crippen molar-refractivity contribution in [1.29, 1.82) is 0 Å². The summed E-state index contributed by atoms with van der Waals surface area (Å²) in [7, 11) is 0. The van der Waals surface area contributed by atoms with Gasteiger partial charge in [-0.15, -0.1) is 0 Å². The predicted octanol–water partition coefficient (Wildman–Crippen LogP) is 4.24. The molecule has 4 heteroatoms. The number of anilines is 1. The Morgan fingerprint density at radius 2 is 1.67 bits per heavy atom. The summed E-state index contributed by atoms with van der Waals surface area (Å²) in [6.07, 6.45) is 0.174. The van der Waals surface area contributed by atoms with Gasteiger partial charge in [-0.1, -0.05) is 23.7 Å².